The summed E-state index contributed by atoms with van der Waals surface area (Å²) in [6, 6.07) is 14.4. The third-order valence-corrected chi connectivity index (χ3v) is 4.40. The van der Waals surface area contributed by atoms with Crippen LogP contribution in [0, 0.1) is 6.92 Å². The van der Waals surface area contributed by atoms with Crippen LogP contribution in [0.25, 0.3) is 0 Å². The number of para-hydroxylation sites is 1. The molecule has 0 atom stereocenters. The van der Waals surface area contributed by atoms with Gasteiger partial charge in [-0.3, -0.25) is 9.59 Å². The second kappa shape index (κ2) is 6.18. The van der Waals surface area contributed by atoms with Gasteiger partial charge in [0.1, 0.15) is 10.7 Å². The first-order chi connectivity index (χ1) is 11.0. The van der Waals surface area contributed by atoms with E-state index in [4.69, 9.17) is 11.6 Å². The zero-order chi connectivity index (χ0) is 16.6. The van der Waals surface area contributed by atoms with Gasteiger partial charge in [-0.15, -0.1) is 0 Å². The molecule has 6 heteroatoms. The number of nitrogens with one attached hydrogen (secondary N) is 1. The summed E-state index contributed by atoms with van der Waals surface area (Å²) >= 11 is 9.42. The van der Waals surface area contributed by atoms with Gasteiger partial charge in [-0.05, 0) is 42.8 Å². The fourth-order valence-corrected chi connectivity index (χ4v) is 2.76. The summed E-state index contributed by atoms with van der Waals surface area (Å²) in [6.07, 6.45) is 0. The number of rotatable bonds is 3. The Morgan fingerprint density at radius 3 is 2.30 bits per heavy atom. The van der Waals surface area contributed by atoms with E-state index < -0.39 is 11.8 Å². The Balaban J connectivity index is 1.93. The minimum atomic E-state index is -0.532. The lowest BCUT2D eigenvalue weighted by Crippen LogP contribution is -2.32. The lowest BCUT2D eigenvalue weighted by atomic mass is 10.2. The van der Waals surface area contributed by atoms with Gasteiger partial charge in [-0.25, -0.2) is 4.90 Å². The van der Waals surface area contributed by atoms with Crippen molar-refractivity contribution in [3.8, 4) is 0 Å². The number of halogens is 2. The van der Waals surface area contributed by atoms with Gasteiger partial charge in [0.15, 0.2) is 0 Å². The van der Waals surface area contributed by atoms with Crippen LogP contribution in [0.3, 0.4) is 0 Å². The summed E-state index contributed by atoms with van der Waals surface area (Å²) in [5, 5.41) is 2.87. The average Bonchev–Trinajstić information content (AvgIpc) is 2.74. The molecule has 116 valence electrons. The number of aryl methyl sites for hydroxylation is 1. The van der Waals surface area contributed by atoms with Gasteiger partial charge in [0.05, 0.1) is 5.69 Å². The number of hydrogen-bond acceptors (Lipinski definition) is 3. The molecule has 1 heterocycles. The van der Waals surface area contributed by atoms with Gasteiger partial charge >= 0.3 is 0 Å². The smallest absolute Gasteiger partial charge is 0.283 e. The second-order valence-corrected chi connectivity index (χ2v) is 6.34. The molecule has 0 aromatic heterocycles. The molecular weight excluding hydrogens is 380 g/mol. The molecule has 0 radical (unpaired) electrons. The first kappa shape index (κ1) is 15.8. The highest BCUT2D eigenvalue weighted by Gasteiger charge is 2.38. The largest absolute Gasteiger partial charge is 0.349 e. The zero-order valence-corrected chi connectivity index (χ0v) is 14.5. The Bertz CT molecular complexity index is 831. The van der Waals surface area contributed by atoms with E-state index in [1.807, 2.05) is 31.2 Å². The first-order valence-electron chi connectivity index (χ1n) is 6.86. The summed E-state index contributed by atoms with van der Waals surface area (Å²) in [4.78, 5) is 26.0. The van der Waals surface area contributed by atoms with E-state index in [0.29, 0.717) is 5.69 Å². The molecule has 0 saturated carbocycles. The quantitative estimate of drug-likeness (QED) is 0.798. The van der Waals surface area contributed by atoms with Gasteiger partial charge in [-0.2, -0.15) is 0 Å². The molecule has 1 N–H and O–H groups in total. The van der Waals surface area contributed by atoms with E-state index in [2.05, 4.69) is 21.2 Å². The molecule has 0 saturated heterocycles. The third kappa shape index (κ3) is 2.90. The van der Waals surface area contributed by atoms with Crippen molar-refractivity contribution in [1.29, 1.82) is 0 Å². The molecular formula is C17H12BrClN2O2. The van der Waals surface area contributed by atoms with Crippen molar-refractivity contribution in [1.82, 2.24) is 0 Å². The molecule has 3 rings (SSSR count). The molecule has 1 aliphatic rings. The standard InChI is InChI=1S/C17H12BrClN2O2/c1-10-4-2-3-5-13(10)20-15-14(19)16(22)21(17(15)23)12-8-6-11(18)7-9-12/h2-9,20H,1H3. The number of carbonyl (C=O) groups is 2. The van der Waals surface area contributed by atoms with Crippen LogP contribution < -0.4 is 10.2 Å². The third-order valence-electron chi connectivity index (χ3n) is 3.52. The highest BCUT2D eigenvalue weighted by atomic mass is 79.9. The second-order valence-electron chi connectivity index (χ2n) is 5.05. The van der Waals surface area contributed by atoms with Gasteiger partial charge in [0.2, 0.25) is 0 Å². The molecule has 2 aromatic carbocycles. The number of imide groups is 1. The zero-order valence-electron chi connectivity index (χ0n) is 12.1. The average molecular weight is 392 g/mol. The molecule has 2 amide bonds. The van der Waals surface area contributed by atoms with Crippen LogP contribution in [0.5, 0.6) is 0 Å². The molecule has 0 bridgehead atoms. The van der Waals surface area contributed by atoms with E-state index in [9.17, 15) is 9.59 Å². The number of nitrogens with zero attached hydrogens (tertiary/aromatic N) is 1. The van der Waals surface area contributed by atoms with E-state index >= 15 is 0 Å². The molecule has 0 spiro atoms. The maximum Gasteiger partial charge on any atom is 0.283 e. The van der Waals surface area contributed by atoms with Gasteiger partial charge in [-0.1, -0.05) is 45.7 Å². The maximum atomic E-state index is 12.6. The molecule has 4 nitrogen and oxygen atoms in total. The number of anilines is 2. The van der Waals surface area contributed by atoms with E-state index in [1.54, 1.807) is 24.3 Å². The van der Waals surface area contributed by atoms with Gasteiger partial charge < -0.3 is 5.32 Å². The SMILES string of the molecule is Cc1ccccc1NC1=C(Cl)C(=O)N(c2ccc(Br)cc2)C1=O. The fraction of sp³-hybridized carbons (Fsp3) is 0.0588. The topological polar surface area (TPSA) is 49.4 Å². The van der Waals surface area contributed by atoms with E-state index in [0.717, 1.165) is 20.6 Å². The highest BCUT2D eigenvalue weighted by molar-refractivity contribution is 9.10. The van der Waals surface area contributed by atoms with E-state index in [1.165, 1.54) is 0 Å². The fourth-order valence-electron chi connectivity index (χ4n) is 2.28. The first-order valence-corrected chi connectivity index (χ1v) is 8.03. The predicted octanol–water partition coefficient (Wildman–Crippen LogP) is 4.19. The van der Waals surface area contributed by atoms with Crippen molar-refractivity contribution in [2.45, 2.75) is 6.92 Å². The Kier molecular flexibility index (Phi) is 4.24. The number of hydrogen-bond donors (Lipinski definition) is 1. The van der Waals surface area contributed by atoms with E-state index in [-0.39, 0.29) is 10.7 Å². The molecule has 0 fully saturated rings. The van der Waals surface area contributed by atoms with Crippen molar-refractivity contribution in [2.24, 2.45) is 0 Å². The van der Waals surface area contributed by atoms with Gasteiger partial charge in [0.25, 0.3) is 11.8 Å². The Hall–Kier alpha value is -2.11. The summed E-state index contributed by atoms with van der Waals surface area (Å²) < 4.78 is 0.859. The number of carbonyl (C=O) groups excluding carboxylic acids is 2. The van der Waals surface area contributed by atoms with Crippen LogP contribution in [0.2, 0.25) is 0 Å². The molecule has 0 aliphatic carbocycles. The molecule has 1 aliphatic heterocycles. The van der Waals surface area contributed by atoms with Crippen LogP contribution in [-0.2, 0) is 9.59 Å². The van der Waals surface area contributed by atoms with Crippen LogP contribution >= 0.6 is 27.5 Å². The summed E-state index contributed by atoms with van der Waals surface area (Å²) in [6.45, 7) is 1.91. The lowest BCUT2D eigenvalue weighted by Gasteiger charge is -2.15. The number of amides is 2. The molecule has 23 heavy (non-hydrogen) atoms. The normalized spacial score (nSPS) is 14.7. The van der Waals surface area contributed by atoms with Crippen molar-refractivity contribution in [2.75, 3.05) is 10.2 Å². The Labute approximate surface area is 146 Å². The molecule has 2 aromatic rings. The number of benzene rings is 2. The van der Waals surface area contributed by atoms with Crippen molar-refractivity contribution in [3.63, 3.8) is 0 Å². The van der Waals surface area contributed by atoms with Crippen molar-refractivity contribution in [3.05, 3.63) is 69.3 Å². The summed E-state index contributed by atoms with van der Waals surface area (Å²) in [5.41, 5.74) is 2.25. The summed E-state index contributed by atoms with van der Waals surface area (Å²) in [5.74, 6) is -0.999. The van der Waals surface area contributed by atoms with Crippen LogP contribution in [0.15, 0.2) is 63.7 Å². The molecule has 0 unspecified atom stereocenters. The maximum absolute atomic E-state index is 12.6. The highest BCUT2D eigenvalue weighted by Crippen LogP contribution is 2.31. The summed E-state index contributed by atoms with van der Waals surface area (Å²) in [7, 11) is 0. The minimum absolute atomic E-state index is 0.0916. The van der Waals surface area contributed by atoms with Crippen LogP contribution in [-0.4, -0.2) is 11.8 Å². The minimum Gasteiger partial charge on any atom is -0.349 e. The van der Waals surface area contributed by atoms with Gasteiger partial charge in [0, 0.05) is 10.2 Å². The Morgan fingerprint density at radius 2 is 1.65 bits per heavy atom. The van der Waals surface area contributed by atoms with Crippen LogP contribution in [0.1, 0.15) is 5.56 Å². The lowest BCUT2D eigenvalue weighted by molar-refractivity contribution is -0.120. The van der Waals surface area contributed by atoms with Crippen molar-refractivity contribution < 1.29 is 9.59 Å². The monoisotopic (exact) mass is 390 g/mol. The van der Waals surface area contributed by atoms with Crippen molar-refractivity contribution >= 4 is 50.7 Å². The Morgan fingerprint density at radius 1 is 1.00 bits per heavy atom. The van der Waals surface area contributed by atoms with Crippen LogP contribution in [0.4, 0.5) is 11.4 Å². The predicted molar refractivity (Wildman–Crippen MR) is 94.3 cm³/mol.